The lowest BCUT2D eigenvalue weighted by Gasteiger charge is -2.21. The van der Waals surface area contributed by atoms with Gasteiger partial charge in [-0.15, -0.1) is 0 Å². The van der Waals surface area contributed by atoms with Gasteiger partial charge in [0.25, 0.3) is 0 Å². The molecule has 1 aromatic rings. The molecule has 1 atom stereocenters. The van der Waals surface area contributed by atoms with Crippen LogP contribution < -0.4 is 15.4 Å². The molecule has 1 aliphatic heterocycles. The number of hydrogen-bond acceptors (Lipinski definition) is 4. The minimum Gasteiger partial charge on any atom is -0.478 e. The van der Waals surface area contributed by atoms with Gasteiger partial charge in [-0.2, -0.15) is 0 Å². The second kappa shape index (κ2) is 6.35. The number of carbonyl (C=O) groups excluding carboxylic acids is 1. The van der Waals surface area contributed by atoms with E-state index >= 15 is 0 Å². The Balaban J connectivity index is 1.89. The quantitative estimate of drug-likeness (QED) is 0.847. The maximum absolute atomic E-state index is 12.0. The molecule has 98 valence electrons. The summed E-state index contributed by atoms with van der Waals surface area (Å²) in [6, 6.07) is 3.57. The first kappa shape index (κ1) is 12.8. The summed E-state index contributed by atoms with van der Waals surface area (Å²) in [5, 5.41) is 6.11. The highest BCUT2D eigenvalue weighted by Gasteiger charge is 2.20. The molecule has 1 amide bonds. The third kappa shape index (κ3) is 3.43. The van der Waals surface area contributed by atoms with E-state index in [-0.39, 0.29) is 11.8 Å². The fraction of sp³-hybridized carbons (Fsp3) is 0.538. The van der Waals surface area contributed by atoms with Crippen LogP contribution in [0.4, 0.5) is 5.69 Å². The van der Waals surface area contributed by atoms with Crippen molar-refractivity contribution in [2.45, 2.75) is 19.8 Å². The molecule has 0 saturated carbocycles. The van der Waals surface area contributed by atoms with E-state index in [0.29, 0.717) is 18.2 Å². The van der Waals surface area contributed by atoms with Crippen molar-refractivity contribution in [3.05, 3.63) is 18.3 Å². The zero-order chi connectivity index (χ0) is 12.8. The first-order valence-corrected chi connectivity index (χ1v) is 6.40. The highest BCUT2D eigenvalue weighted by Crippen LogP contribution is 2.15. The van der Waals surface area contributed by atoms with Crippen LogP contribution in [0.25, 0.3) is 0 Å². The number of aromatic nitrogens is 1. The highest BCUT2D eigenvalue weighted by molar-refractivity contribution is 5.92. The molecule has 0 bridgehead atoms. The van der Waals surface area contributed by atoms with Crippen molar-refractivity contribution in [2.75, 3.05) is 25.0 Å². The second-order valence-corrected chi connectivity index (χ2v) is 4.35. The van der Waals surface area contributed by atoms with Crippen LogP contribution in [-0.2, 0) is 4.79 Å². The van der Waals surface area contributed by atoms with E-state index in [9.17, 15) is 4.79 Å². The predicted molar refractivity (Wildman–Crippen MR) is 69.6 cm³/mol. The molecule has 0 aromatic carbocycles. The second-order valence-electron chi connectivity index (χ2n) is 4.35. The van der Waals surface area contributed by atoms with Crippen LogP contribution in [0.5, 0.6) is 5.88 Å². The maximum atomic E-state index is 12.0. The topological polar surface area (TPSA) is 63.2 Å². The van der Waals surface area contributed by atoms with Crippen LogP contribution in [0.1, 0.15) is 19.8 Å². The monoisotopic (exact) mass is 249 g/mol. The largest absolute Gasteiger partial charge is 0.478 e. The average Bonchev–Trinajstić information content (AvgIpc) is 2.42. The van der Waals surface area contributed by atoms with E-state index in [1.807, 2.05) is 13.0 Å². The van der Waals surface area contributed by atoms with E-state index in [1.54, 1.807) is 12.3 Å². The number of nitrogens with zero attached hydrogens (tertiary/aromatic N) is 1. The van der Waals surface area contributed by atoms with Gasteiger partial charge in [0.05, 0.1) is 24.4 Å². The van der Waals surface area contributed by atoms with Gasteiger partial charge < -0.3 is 15.4 Å². The summed E-state index contributed by atoms with van der Waals surface area (Å²) in [5.41, 5.74) is 0.717. The SMILES string of the molecule is CCOc1ccc(NC(=O)C2CCCNC2)cn1. The molecule has 2 heterocycles. The van der Waals surface area contributed by atoms with E-state index in [1.165, 1.54) is 0 Å². The Hall–Kier alpha value is -1.62. The normalized spacial score (nSPS) is 19.3. The van der Waals surface area contributed by atoms with Crippen molar-refractivity contribution in [3.63, 3.8) is 0 Å². The number of rotatable bonds is 4. The summed E-state index contributed by atoms with van der Waals surface area (Å²) in [6.07, 6.45) is 3.63. The number of anilines is 1. The number of piperidine rings is 1. The van der Waals surface area contributed by atoms with E-state index in [0.717, 1.165) is 25.9 Å². The zero-order valence-electron chi connectivity index (χ0n) is 10.6. The Labute approximate surface area is 107 Å². The summed E-state index contributed by atoms with van der Waals surface area (Å²) >= 11 is 0. The van der Waals surface area contributed by atoms with Gasteiger partial charge in [-0.05, 0) is 32.4 Å². The molecule has 1 saturated heterocycles. The molecule has 1 aromatic heterocycles. The number of ether oxygens (including phenoxy) is 1. The van der Waals surface area contributed by atoms with Crippen LogP contribution >= 0.6 is 0 Å². The van der Waals surface area contributed by atoms with Gasteiger partial charge in [-0.25, -0.2) is 4.98 Å². The van der Waals surface area contributed by atoms with Gasteiger partial charge in [0.1, 0.15) is 0 Å². The van der Waals surface area contributed by atoms with E-state index in [4.69, 9.17) is 4.74 Å². The molecule has 1 aliphatic rings. The summed E-state index contributed by atoms with van der Waals surface area (Å²) in [4.78, 5) is 16.1. The molecule has 5 heteroatoms. The fourth-order valence-corrected chi connectivity index (χ4v) is 2.01. The van der Waals surface area contributed by atoms with Crippen LogP contribution in [0.3, 0.4) is 0 Å². The Morgan fingerprint density at radius 2 is 2.50 bits per heavy atom. The van der Waals surface area contributed by atoms with Crippen molar-refractivity contribution in [3.8, 4) is 5.88 Å². The lowest BCUT2D eigenvalue weighted by atomic mass is 9.99. The lowest BCUT2D eigenvalue weighted by molar-refractivity contribution is -0.120. The molecule has 1 fully saturated rings. The van der Waals surface area contributed by atoms with Crippen molar-refractivity contribution in [1.82, 2.24) is 10.3 Å². The first-order valence-electron chi connectivity index (χ1n) is 6.40. The Bertz CT molecular complexity index is 386. The molecular weight excluding hydrogens is 230 g/mol. The molecule has 2 rings (SSSR count). The molecule has 5 nitrogen and oxygen atoms in total. The maximum Gasteiger partial charge on any atom is 0.228 e. The first-order chi connectivity index (χ1) is 8.79. The van der Waals surface area contributed by atoms with E-state index < -0.39 is 0 Å². The van der Waals surface area contributed by atoms with Crippen LogP contribution in [0.15, 0.2) is 18.3 Å². The summed E-state index contributed by atoms with van der Waals surface area (Å²) in [7, 11) is 0. The summed E-state index contributed by atoms with van der Waals surface area (Å²) < 4.78 is 5.25. The number of pyridine rings is 1. The van der Waals surface area contributed by atoms with Crippen molar-refractivity contribution in [1.29, 1.82) is 0 Å². The number of amides is 1. The van der Waals surface area contributed by atoms with Crippen LogP contribution in [0, 0.1) is 5.92 Å². The van der Waals surface area contributed by atoms with Crippen LogP contribution in [-0.4, -0.2) is 30.6 Å². The number of nitrogens with one attached hydrogen (secondary N) is 2. The van der Waals surface area contributed by atoms with Gasteiger partial charge >= 0.3 is 0 Å². The highest BCUT2D eigenvalue weighted by atomic mass is 16.5. The smallest absolute Gasteiger partial charge is 0.228 e. The summed E-state index contributed by atoms with van der Waals surface area (Å²) in [5.74, 6) is 0.702. The van der Waals surface area contributed by atoms with Gasteiger partial charge in [-0.1, -0.05) is 0 Å². The lowest BCUT2D eigenvalue weighted by Crippen LogP contribution is -2.37. The van der Waals surface area contributed by atoms with Crippen LogP contribution in [0.2, 0.25) is 0 Å². The van der Waals surface area contributed by atoms with E-state index in [2.05, 4.69) is 15.6 Å². The summed E-state index contributed by atoms with van der Waals surface area (Å²) in [6.45, 7) is 4.27. The predicted octanol–water partition coefficient (Wildman–Crippen LogP) is 1.42. The molecule has 2 N–H and O–H groups in total. The molecule has 18 heavy (non-hydrogen) atoms. The number of hydrogen-bond donors (Lipinski definition) is 2. The molecule has 0 aliphatic carbocycles. The molecule has 0 spiro atoms. The third-order valence-corrected chi connectivity index (χ3v) is 2.96. The third-order valence-electron chi connectivity index (χ3n) is 2.96. The Kier molecular flexibility index (Phi) is 4.52. The van der Waals surface area contributed by atoms with Gasteiger partial charge in [0, 0.05) is 12.6 Å². The van der Waals surface area contributed by atoms with Gasteiger partial charge in [0.15, 0.2) is 0 Å². The van der Waals surface area contributed by atoms with Crippen molar-refractivity contribution >= 4 is 11.6 Å². The Morgan fingerprint density at radius 1 is 1.61 bits per heavy atom. The minimum absolute atomic E-state index is 0.0605. The molecule has 1 unspecified atom stereocenters. The van der Waals surface area contributed by atoms with Gasteiger partial charge in [-0.3, -0.25) is 4.79 Å². The zero-order valence-corrected chi connectivity index (χ0v) is 10.6. The Morgan fingerprint density at radius 3 is 3.11 bits per heavy atom. The number of carbonyl (C=O) groups is 1. The van der Waals surface area contributed by atoms with Crippen molar-refractivity contribution in [2.24, 2.45) is 5.92 Å². The standard InChI is InChI=1S/C13H19N3O2/c1-2-18-12-6-5-11(9-15-12)16-13(17)10-4-3-7-14-8-10/h5-6,9-10,14H,2-4,7-8H2,1H3,(H,16,17). The molecule has 0 radical (unpaired) electrons. The average molecular weight is 249 g/mol. The van der Waals surface area contributed by atoms with Gasteiger partial charge in [0.2, 0.25) is 11.8 Å². The van der Waals surface area contributed by atoms with Crippen molar-refractivity contribution < 1.29 is 9.53 Å². The fourth-order valence-electron chi connectivity index (χ4n) is 2.01. The minimum atomic E-state index is 0.0605. The molecular formula is C13H19N3O2.